The molecule has 0 aromatic heterocycles. The molecule has 0 bridgehead atoms. The molecule has 85 heavy (non-hydrogen) atoms. The first-order valence-electron chi connectivity index (χ1n) is 25.2. The first-order chi connectivity index (χ1) is 38.8. The normalized spacial score (nSPS) is 12.2. The van der Waals surface area contributed by atoms with Crippen molar-refractivity contribution in [3.63, 3.8) is 0 Å². The van der Waals surface area contributed by atoms with Gasteiger partial charge in [-0.25, -0.2) is 36.0 Å². The molecule has 0 saturated carbocycles. The Morgan fingerprint density at radius 1 is 0.482 bits per heavy atom. The van der Waals surface area contributed by atoms with E-state index in [9.17, 15) is 59.8 Å². The molecule has 0 aliphatic heterocycles. The van der Waals surface area contributed by atoms with Crippen LogP contribution in [0.1, 0.15) is 58.1 Å². The molecule has 0 fully saturated rings. The number of ether oxygens (including phenoxy) is 4. The summed E-state index contributed by atoms with van der Waals surface area (Å²) in [5.74, 6) is -5.46. The minimum atomic E-state index is -4.87. The standard InChI is InChI=1S/C29H30N2O8S.C18H17NO7S.C10H14N2O2.ClH.K.2Na/c32-27(15-8-16-30-28(33)38-17-20-9-2-1-3-10-20)26(19-40(35,36)37)31-29(34)39-18-25-23-13-6-4-11-21(23)22-12-5-7-14-24(22)25;20-17(21)16(10-27(23,24)25)19-18(22)26-9-15-13-7-3-1-5-11(13)12-6-2-4-8-14(12)15;11-6-7-12-10(13)14-8-9-4-2-1-3-5-9;;;;/h1-7,9-14,25-26H,8,15-19H2,(H,30,33)(H,31,34)(H,35,36,37);1-8,15-16H,9-10H2,(H,19,22)(H,20,21)(H,23,24,25);1-5H,6-8,11H2,(H,12,13);1H;;;/q;;;;3*+1/p-3/t26-;16-;;;;;/m00...../s1. The fourth-order valence-corrected chi connectivity index (χ4v) is 10.0. The molecule has 0 spiro atoms. The van der Waals surface area contributed by atoms with Crippen molar-refractivity contribution in [3.05, 3.63) is 191 Å². The van der Waals surface area contributed by atoms with E-state index in [-0.39, 0.29) is 181 Å². The maximum absolute atomic E-state index is 12.7. The number of alkyl carbamates (subject to hydrolysis) is 4. The van der Waals surface area contributed by atoms with Crippen molar-refractivity contribution in [2.45, 2.75) is 50.0 Å². The van der Waals surface area contributed by atoms with Gasteiger partial charge in [0.2, 0.25) is 0 Å². The van der Waals surface area contributed by atoms with Crippen LogP contribution in [0.4, 0.5) is 19.2 Å². The number of nitrogens with two attached hydrogens (primary N) is 1. The zero-order chi connectivity index (χ0) is 58.4. The van der Waals surface area contributed by atoms with Crippen LogP contribution in [0.25, 0.3) is 22.3 Å². The van der Waals surface area contributed by atoms with Crippen LogP contribution in [-0.2, 0) is 62.0 Å². The molecule has 0 radical (unpaired) electrons. The number of ketones is 1. The van der Waals surface area contributed by atoms with E-state index in [1.807, 2.05) is 151 Å². The Hall–Kier alpha value is -4.75. The van der Waals surface area contributed by atoms with Crippen LogP contribution < -0.4 is 143 Å². The number of carbonyl (C=O) groups is 6. The van der Waals surface area contributed by atoms with Gasteiger partial charge in [0.1, 0.15) is 32.5 Å². The van der Waals surface area contributed by atoms with Gasteiger partial charge in [-0.15, -0.1) is 12.4 Å². The number of nitrogens with one attached hydrogen (secondary N) is 4. The monoisotopic (exact) mass is 1270 g/mol. The third-order valence-electron chi connectivity index (χ3n) is 12.4. The smallest absolute Gasteiger partial charge is 0.748 e. The summed E-state index contributed by atoms with van der Waals surface area (Å²) in [6, 6.07) is 45.8. The Bertz CT molecular complexity index is 3290. The summed E-state index contributed by atoms with van der Waals surface area (Å²) >= 11 is 0. The number of rotatable bonds is 22. The maximum Gasteiger partial charge on any atom is 1.00 e. The molecule has 6 aromatic rings. The molecule has 0 saturated heterocycles. The molecule has 0 unspecified atom stereocenters. The first kappa shape index (κ1) is 76.3. The molecule has 2 atom stereocenters. The molecule has 436 valence electrons. The first-order valence-corrected chi connectivity index (χ1v) is 28.4. The molecule has 2 aliphatic rings. The summed E-state index contributed by atoms with van der Waals surface area (Å²) in [5.41, 5.74) is 15.0. The Labute approximate surface area is 585 Å². The van der Waals surface area contributed by atoms with E-state index in [4.69, 9.17) is 24.7 Å². The number of hydrogen-bond donors (Lipinski definition) is 5. The zero-order valence-electron chi connectivity index (χ0n) is 46.8. The second-order valence-corrected chi connectivity index (χ2v) is 21.0. The summed E-state index contributed by atoms with van der Waals surface area (Å²) in [7, 11) is -9.70. The zero-order valence-corrected chi connectivity index (χ0v) is 56.4. The second-order valence-electron chi connectivity index (χ2n) is 18.1. The van der Waals surface area contributed by atoms with Gasteiger partial charge in [-0.2, -0.15) is 0 Å². The largest absolute Gasteiger partial charge is 1.00 e. The van der Waals surface area contributed by atoms with Gasteiger partial charge in [-0.05, 0) is 62.1 Å². The SMILES string of the molecule is Cl.NCCNC(=O)OCc1ccccc1.O=C(NCCCC(=O)[C@H](CS(=O)(=O)[O-])NC(=O)OCC1c2ccccc2-c2ccccc21)OCc1ccccc1.O=C(N[C@@H](CS(=O)(=O)[O-])C(=O)[O-])OCC1c2ccccc2-c2ccccc21.[K+].[Na+].[Na+]. The van der Waals surface area contributed by atoms with Gasteiger partial charge in [0.25, 0.3) is 0 Å². The van der Waals surface area contributed by atoms with Crippen LogP contribution in [0, 0.1) is 0 Å². The molecule has 6 aromatic carbocycles. The number of halogens is 1. The molecule has 28 heteroatoms. The molecular formula is C57H59ClKN5Na2O17S2. The van der Waals surface area contributed by atoms with Gasteiger partial charge >= 0.3 is 135 Å². The molecule has 22 nitrogen and oxygen atoms in total. The molecule has 2 aliphatic carbocycles. The molecule has 4 amide bonds. The molecule has 8 rings (SSSR count). The fourth-order valence-electron chi connectivity index (χ4n) is 8.71. The summed E-state index contributed by atoms with van der Waals surface area (Å²) < 4.78 is 86.9. The minimum absolute atomic E-state index is 0. The van der Waals surface area contributed by atoms with Gasteiger partial charge < -0.3 is 65.0 Å². The number of carboxylic acid groups (broad SMARTS) is 1. The van der Waals surface area contributed by atoms with Crippen molar-refractivity contribution in [2.24, 2.45) is 5.73 Å². The van der Waals surface area contributed by atoms with Crippen molar-refractivity contribution in [1.82, 2.24) is 21.3 Å². The number of aliphatic carboxylic acids is 1. The molecule has 0 heterocycles. The number of carboxylic acids is 1. The number of hydrogen-bond acceptors (Lipinski definition) is 18. The van der Waals surface area contributed by atoms with Crippen molar-refractivity contribution in [2.75, 3.05) is 44.4 Å². The van der Waals surface area contributed by atoms with Crippen LogP contribution in [0.15, 0.2) is 158 Å². The predicted octanol–water partition coefficient (Wildman–Crippen LogP) is -3.79. The summed E-state index contributed by atoms with van der Waals surface area (Å²) in [5, 5.41) is 20.0. The van der Waals surface area contributed by atoms with Gasteiger partial charge in [-0.3, -0.25) is 4.79 Å². The third kappa shape index (κ3) is 25.5. The van der Waals surface area contributed by atoms with E-state index < -0.39 is 80.0 Å². The third-order valence-corrected chi connectivity index (χ3v) is 13.9. The topological polar surface area (TPSA) is 351 Å². The van der Waals surface area contributed by atoms with Crippen LogP contribution in [-0.4, -0.2) is 119 Å². The Morgan fingerprint density at radius 2 is 0.812 bits per heavy atom. The number of Topliss-reactive ketones (excluding diaryl/α,β-unsaturated/α-hetero) is 1. The predicted molar refractivity (Wildman–Crippen MR) is 298 cm³/mol. The van der Waals surface area contributed by atoms with Gasteiger partial charge in [-0.1, -0.05) is 158 Å². The average molecular weight is 1270 g/mol. The Morgan fingerprint density at radius 3 is 1.16 bits per heavy atom. The number of fused-ring (bicyclic) bond motifs is 6. The number of benzene rings is 6. The van der Waals surface area contributed by atoms with Gasteiger partial charge in [0.15, 0.2) is 5.78 Å². The van der Waals surface area contributed by atoms with Crippen LogP contribution in [0.3, 0.4) is 0 Å². The molecular weight excluding hydrogens is 1210 g/mol. The number of amides is 4. The molecule has 6 N–H and O–H groups in total. The average Bonchev–Trinajstić information content (AvgIpc) is 1.85. The van der Waals surface area contributed by atoms with Gasteiger partial charge in [0.05, 0.1) is 43.8 Å². The van der Waals surface area contributed by atoms with Crippen molar-refractivity contribution in [3.8, 4) is 22.3 Å². The Kier molecular flexibility index (Phi) is 34.6. The summed E-state index contributed by atoms with van der Waals surface area (Å²) in [6.45, 7) is 1.18. The maximum atomic E-state index is 12.7. The Balaban J connectivity index is 0.000000474. The van der Waals surface area contributed by atoms with Gasteiger partial charge in [0, 0.05) is 37.9 Å². The van der Waals surface area contributed by atoms with Crippen molar-refractivity contribution >= 4 is 68.8 Å². The van der Waals surface area contributed by atoms with E-state index in [1.165, 1.54) is 0 Å². The van der Waals surface area contributed by atoms with E-state index in [0.29, 0.717) is 13.1 Å². The van der Waals surface area contributed by atoms with E-state index >= 15 is 0 Å². The van der Waals surface area contributed by atoms with Crippen molar-refractivity contribution < 1.29 is 189 Å². The van der Waals surface area contributed by atoms with E-state index in [2.05, 4.69) is 16.0 Å². The summed E-state index contributed by atoms with van der Waals surface area (Å²) in [4.78, 5) is 70.9. The fraction of sp³-hybridized carbons (Fsp3) is 0.263. The second kappa shape index (κ2) is 38.5. The minimum Gasteiger partial charge on any atom is -0.748 e. The van der Waals surface area contributed by atoms with E-state index in [0.717, 1.165) is 55.6 Å². The number of carbonyl (C=O) groups excluding carboxylic acids is 6. The van der Waals surface area contributed by atoms with Crippen LogP contribution in [0.2, 0.25) is 0 Å². The quantitative estimate of drug-likeness (QED) is 0.0188. The van der Waals surface area contributed by atoms with E-state index in [1.54, 1.807) is 12.1 Å². The van der Waals surface area contributed by atoms with Crippen molar-refractivity contribution in [1.29, 1.82) is 0 Å². The van der Waals surface area contributed by atoms with Crippen LogP contribution >= 0.6 is 12.4 Å². The summed E-state index contributed by atoms with van der Waals surface area (Å²) in [6.07, 6.45) is -3.31. The van der Waals surface area contributed by atoms with Crippen LogP contribution in [0.5, 0.6) is 0 Å².